The van der Waals surface area contributed by atoms with Crippen LogP contribution in [0.3, 0.4) is 0 Å². The smallest absolute Gasteiger partial charge is 0.320 e. The third-order valence-corrected chi connectivity index (χ3v) is 3.00. The number of carboxylic acid groups (broad SMARTS) is 1. The minimum absolute atomic E-state index is 0.0131. The van der Waals surface area contributed by atoms with Gasteiger partial charge in [0.1, 0.15) is 6.04 Å². The van der Waals surface area contributed by atoms with Crippen molar-refractivity contribution >= 4 is 11.9 Å². The van der Waals surface area contributed by atoms with Crippen LogP contribution in [0.4, 0.5) is 0 Å². The van der Waals surface area contributed by atoms with Gasteiger partial charge < -0.3 is 25.6 Å². The number of nitrogens with two attached hydrogens (primary N) is 1. The van der Waals surface area contributed by atoms with Crippen molar-refractivity contribution in [2.75, 3.05) is 14.2 Å². The van der Waals surface area contributed by atoms with Gasteiger partial charge in [-0.15, -0.1) is 0 Å². The molecule has 0 saturated carbocycles. The first kappa shape index (κ1) is 16.8. The van der Waals surface area contributed by atoms with E-state index in [9.17, 15) is 9.59 Å². The normalized spacial score (nSPS) is 11.7. The number of hydrogen-bond donors (Lipinski definition) is 3. The molecule has 0 saturated heterocycles. The molecular weight excluding hydrogens is 276 g/mol. The van der Waals surface area contributed by atoms with Crippen LogP contribution in [-0.4, -0.2) is 37.2 Å². The zero-order valence-electron chi connectivity index (χ0n) is 12.1. The lowest BCUT2D eigenvalue weighted by Crippen LogP contribution is -2.37. The first-order valence-corrected chi connectivity index (χ1v) is 6.44. The third kappa shape index (κ3) is 4.96. The molecule has 0 aliphatic carbocycles. The summed E-state index contributed by atoms with van der Waals surface area (Å²) < 4.78 is 10.5. The van der Waals surface area contributed by atoms with E-state index in [1.54, 1.807) is 18.2 Å². The maximum atomic E-state index is 11.1. The molecule has 4 N–H and O–H groups in total. The van der Waals surface area contributed by atoms with Crippen LogP contribution in [-0.2, 0) is 16.1 Å². The Morgan fingerprint density at radius 3 is 2.57 bits per heavy atom. The van der Waals surface area contributed by atoms with Gasteiger partial charge in [-0.2, -0.15) is 0 Å². The first-order valence-electron chi connectivity index (χ1n) is 6.44. The second kappa shape index (κ2) is 8.11. The lowest BCUT2D eigenvalue weighted by molar-refractivity contribution is -0.139. The summed E-state index contributed by atoms with van der Waals surface area (Å²) in [5.74, 6) is -0.438. The van der Waals surface area contributed by atoms with Crippen LogP contribution in [0.2, 0.25) is 0 Å². The summed E-state index contributed by atoms with van der Waals surface area (Å²) in [5, 5.41) is 12.0. The van der Waals surface area contributed by atoms with Crippen molar-refractivity contribution in [3.05, 3.63) is 23.8 Å². The number of carbonyl (C=O) groups is 2. The Kier molecular flexibility index (Phi) is 6.48. The topological polar surface area (TPSA) is 111 Å². The van der Waals surface area contributed by atoms with E-state index < -0.39 is 17.9 Å². The number of hydrogen-bond acceptors (Lipinski definition) is 5. The summed E-state index contributed by atoms with van der Waals surface area (Å²) in [6, 6.07) is 4.50. The monoisotopic (exact) mass is 296 g/mol. The fourth-order valence-corrected chi connectivity index (χ4v) is 1.93. The lowest BCUT2D eigenvalue weighted by Gasteiger charge is -2.16. The molecule has 0 spiro atoms. The van der Waals surface area contributed by atoms with Crippen molar-refractivity contribution in [1.29, 1.82) is 0 Å². The minimum atomic E-state index is -1.03. The SMILES string of the molecule is COc1cccc(CNC(CCC(N)=O)C(=O)O)c1OC. The molecule has 1 aromatic carbocycles. The quantitative estimate of drug-likeness (QED) is 0.612. The maximum Gasteiger partial charge on any atom is 0.320 e. The molecule has 116 valence electrons. The molecule has 0 aliphatic heterocycles. The number of rotatable bonds is 9. The van der Waals surface area contributed by atoms with Gasteiger partial charge in [-0.3, -0.25) is 9.59 Å². The fraction of sp³-hybridized carbons (Fsp3) is 0.429. The van der Waals surface area contributed by atoms with Crippen LogP contribution in [0.15, 0.2) is 18.2 Å². The van der Waals surface area contributed by atoms with Gasteiger partial charge in [0.15, 0.2) is 11.5 Å². The van der Waals surface area contributed by atoms with Crippen LogP contribution < -0.4 is 20.5 Å². The van der Waals surface area contributed by atoms with Crippen molar-refractivity contribution in [1.82, 2.24) is 5.32 Å². The van der Waals surface area contributed by atoms with Crippen molar-refractivity contribution < 1.29 is 24.2 Å². The lowest BCUT2D eigenvalue weighted by atomic mass is 10.1. The van der Waals surface area contributed by atoms with Gasteiger partial charge in [0.05, 0.1) is 14.2 Å². The molecule has 0 heterocycles. The molecule has 21 heavy (non-hydrogen) atoms. The standard InChI is InChI=1S/C14H20N2O5/c1-20-11-5-3-4-9(13(11)21-2)8-16-10(14(18)19)6-7-12(15)17/h3-5,10,16H,6-8H2,1-2H3,(H2,15,17)(H,18,19). The largest absolute Gasteiger partial charge is 0.493 e. The number of para-hydroxylation sites is 1. The second-order valence-electron chi connectivity index (χ2n) is 4.43. The van der Waals surface area contributed by atoms with Crippen molar-refractivity contribution in [2.24, 2.45) is 5.73 Å². The van der Waals surface area contributed by atoms with Crippen molar-refractivity contribution in [2.45, 2.75) is 25.4 Å². The van der Waals surface area contributed by atoms with Gasteiger partial charge in [-0.1, -0.05) is 12.1 Å². The Morgan fingerprint density at radius 2 is 2.05 bits per heavy atom. The van der Waals surface area contributed by atoms with Gasteiger partial charge in [0.2, 0.25) is 5.91 Å². The first-order chi connectivity index (χ1) is 9.99. The molecule has 1 amide bonds. The van der Waals surface area contributed by atoms with Gasteiger partial charge in [-0.25, -0.2) is 0 Å². The number of ether oxygens (including phenoxy) is 2. The molecule has 7 nitrogen and oxygen atoms in total. The molecule has 1 unspecified atom stereocenters. The number of amides is 1. The highest BCUT2D eigenvalue weighted by atomic mass is 16.5. The van der Waals surface area contributed by atoms with E-state index in [1.807, 2.05) is 0 Å². The summed E-state index contributed by atoms with van der Waals surface area (Å²) in [5.41, 5.74) is 5.80. The van der Waals surface area contributed by atoms with Crippen LogP contribution in [0, 0.1) is 0 Å². The number of nitrogens with one attached hydrogen (secondary N) is 1. The van der Waals surface area contributed by atoms with Crippen LogP contribution in [0.25, 0.3) is 0 Å². The van der Waals surface area contributed by atoms with Gasteiger partial charge >= 0.3 is 5.97 Å². The maximum absolute atomic E-state index is 11.1. The average molecular weight is 296 g/mol. The van der Waals surface area contributed by atoms with Gasteiger partial charge in [-0.05, 0) is 12.5 Å². The summed E-state index contributed by atoms with van der Waals surface area (Å²) in [4.78, 5) is 21.9. The van der Waals surface area contributed by atoms with Crippen molar-refractivity contribution in [3.63, 3.8) is 0 Å². The molecule has 7 heteroatoms. The predicted molar refractivity (Wildman–Crippen MR) is 76.2 cm³/mol. The number of benzene rings is 1. The number of carboxylic acids is 1. The van der Waals surface area contributed by atoms with Gasteiger partial charge in [0.25, 0.3) is 0 Å². The Bertz CT molecular complexity index is 504. The molecule has 1 rings (SSSR count). The minimum Gasteiger partial charge on any atom is -0.493 e. The van der Waals surface area contributed by atoms with E-state index in [0.29, 0.717) is 11.5 Å². The average Bonchev–Trinajstić information content (AvgIpc) is 2.45. The predicted octanol–water partition coefficient (Wildman–Crippen LogP) is 0.512. The highest BCUT2D eigenvalue weighted by Crippen LogP contribution is 2.30. The molecule has 0 radical (unpaired) electrons. The molecule has 1 aromatic rings. The fourth-order valence-electron chi connectivity index (χ4n) is 1.93. The van der Waals surface area contributed by atoms with E-state index in [0.717, 1.165) is 5.56 Å². The van der Waals surface area contributed by atoms with Crippen LogP contribution in [0.5, 0.6) is 11.5 Å². The van der Waals surface area contributed by atoms with Crippen molar-refractivity contribution in [3.8, 4) is 11.5 Å². The second-order valence-corrected chi connectivity index (χ2v) is 4.43. The zero-order valence-corrected chi connectivity index (χ0v) is 12.1. The number of primary amides is 1. The molecular formula is C14H20N2O5. The number of aliphatic carboxylic acids is 1. The van der Waals surface area contributed by atoms with E-state index >= 15 is 0 Å². The molecule has 0 aliphatic rings. The Hall–Kier alpha value is -2.28. The summed E-state index contributed by atoms with van der Waals surface area (Å²) in [6.45, 7) is 0.274. The molecule has 0 bridgehead atoms. The van der Waals surface area contributed by atoms with Crippen LogP contribution >= 0.6 is 0 Å². The van der Waals surface area contributed by atoms with E-state index in [-0.39, 0.29) is 19.4 Å². The van der Waals surface area contributed by atoms with E-state index in [4.69, 9.17) is 20.3 Å². The van der Waals surface area contributed by atoms with Crippen LogP contribution in [0.1, 0.15) is 18.4 Å². The Balaban J connectivity index is 2.75. The number of carbonyl (C=O) groups excluding carboxylic acids is 1. The molecule has 0 aromatic heterocycles. The highest BCUT2D eigenvalue weighted by Gasteiger charge is 2.18. The Labute approximate surface area is 123 Å². The Morgan fingerprint density at radius 1 is 1.33 bits per heavy atom. The third-order valence-electron chi connectivity index (χ3n) is 3.00. The summed E-state index contributed by atoms with van der Waals surface area (Å²) in [7, 11) is 3.05. The highest BCUT2D eigenvalue weighted by molar-refractivity contribution is 5.77. The zero-order chi connectivity index (χ0) is 15.8. The summed E-state index contributed by atoms with van der Waals surface area (Å²) in [6.07, 6.45) is 0.149. The summed E-state index contributed by atoms with van der Waals surface area (Å²) >= 11 is 0. The molecule has 1 atom stereocenters. The van der Waals surface area contributed by atoms with Gasteiger partial charge in [0, 0.05) is 18.5 Å². The molecule has 0 fully saturated rings. The van der Waals surface area contributed by atoms with E-state index in [1.165, 1.54) is 14.2 Å². The van der Waals surface area contributed by atoms with E-state index in [2.05, 4.69) is 5.32 Å². The number of methoxy groups -OCH3 is 2.